The molecule has 1 saturated heterocycles. The molecule has 1 aromatic rings. The van der Waals surface area contributed by atoms with E-state index in [-0.39, 0.29) is 5.54 Å². The van der Waals surface area contributed by atoms with Gasteiger partial charge in [0.05, 0.1) is 0 Å². The van der Waals surface area contributed by atoms with Gasteiger partial charge in [0.15, 0.2) is 11.6 Å². The summed E-state index contributed by atoms with van der Waals surface area (Å²) >= 11 is 0. The largest absolute Gasteiger partial charge is 0.315 e. The first-order valence-corrected chi connectivity index (χ1v) is 8.47. The highest BCUT2D eigenvalue weighted by Crippen LogP contribution is 2.18. The molecule has 1 aliphatic rings. The van der Waals surface area contributed by atoms with Gasteiger partial charge in [-0.2, -0.15) is 0 Å². The van der Waals surface area contributed by atoms with Gasteiger partial charge in [-0.3, -0.25) is 9.80 Å². The summed E-state index contributed by atoms with van der Waals surface area (Å²) in [5.41, 5.74) is 1.09. The van der Waals surface area contributed by atoms with E-state index in [1.807, 2.05) is 0 Å². The maximum absolute atomic E-state index is 13.1. The summed E-state index contributed by atoms with van der Waals surface area (Å²) in [5.74, 6) is -1.53. The second kappa shape index (κ2) is 8.18. The third kappa shape index (κ3) is 5.52. The molecule has 0 bridgehead atoms. The highest BCUT2D eigenvalue weighted by atomic mass is 19.2. The van der Waals surface area contributed by atoms with Crippen molar-refractivity contribution in [3.8, 4) is 0 Å². The van der Waals surface area contributed by atoms with Gasteiger partial charge < -0.3 is 5.32 Å². The van der Waals surface area contributed by atoms with E-state index < -0.39 is 11.6 Å². The molecule has 1 N–H and O–H groups in total. The fourth-order valence-corrected chi connectivity index (χ4v) is 3.01. The molecule has 0 aromatic heterocycles. The van der Waals surface area contributed by atoms with Gasteiger partial charge in [0.2, 0.25) is 0 Å². The fourth-order valence-electron chi connectivity index (χ4n) is 3.01. The summed E-state index contributed by atoms with van der Waals surface area (Å²) in [4.78, 5) is 4.92. The van der Waals surface area contributed by atoms with E-state index in [1.165, 1.54) is 12.1 Å². The lowest BCUT2D eigenvalue weighted by Gasteiger charge is -2.45. The van der Waals surface area contributed by atoms with Crippen LogP contribution in [-0.2, 0) is 6.42 Å². The molecule has 0 aliphatic carbocycles. The molecule has 1 fully saturated rings. The summed E-state index contributed by atoms with van der Waals surface area (Å²) < 4.78 is 26.0. The van der Waals surface area contributed by atoms with Crippen LogP contribution in [0.4, 0.5) is 8.78 Å². The zero-order valence-corrected chi connectivity index (χ0v) is 14.5. The lowest BCUT2D eigenvalue weighted by atomic mass is 10.00. The second-order valence-corrected chi connectivity index (χ2v) is 7.11. The Balaban J connectivity index is 1.58. The Labute approximate surface area is 138 Å². The van der Waals surface area contributed by atoms with Gasteiger partial charge >= 0.3 is 0 Å². The summed E-state index contributed by atoms with van der Waals surface area (Å²) in [7, 11) is 2.19. The molecule has 0 spiro atoms. The Kier molecular flexibility index (Phi) is 6.50. The van der Waals surface area contributed by atoms with E-state index in [2.05, 4.69) is 36.0 Å². The Bertz CT molecular complexity index is 505. The van der Waals surface area contributed by atoms with Gasteiger partial charge in [0, 0.05) is 38.3 Å². The van der Waals surface area contributed by atoms with Crippen LogP contribution in [0, 0.1) is 11.6 Å². The van der Waals surface area contributed by atoms with Crippen molar-refractivity contribution in [3.63, 3.8) is 0 Å². The topological polar surface area (TPSA) is 18.5 Å². The summed E-state index contributed by atoms with van der Waals surface area (Å²) in [6.45, 7) is 10.8. The van der Waals surface area contributed by atoms with Crippen LogP contribution < -0.4 is 5.32 Å². The molecule has 1 aromatic carbocycles. The standard InChI is InChI=1S/C18H29F2N3/c1-18(2)14-23(12-11-22(18)3)10-9-21-8-4-5-15-6-7-16(19)17(20)13-15/h6-7,13,21H,4-5,8-12,14H2,1-3H3. The quantitative estimate of drug-likeness (QED) is 0.777. The molecule has 5 heteroatoms. The van der Waals surface area contributed by atoms with Crippen LogP contribution >= 0.6 is 0 Å². The SMILES string of the molecule is CN1CCN(CCNCCCc2ccc(F)c(F)c2)CC1(C)C. The predicted octanol–water partition coefficient (Wildman–Crippen LogP) is 2.51. The van der Waals surface area contributed by atoms with E-state index in [0.717, 1.165) is 57.7 Å². The highest BCUT2D eigenvalue weighted by molar-refractivity contribution is 5.17. The van der Waals surface area contributed by atoms with Gasteiger partial charge in [-0.1, -0.05) is 6.07 Å². The molecule has 0 saturated carbocycles. The van der Waals surface area contributed by atoms with E-state index in [0.29, 0.717) is 0 Å². The predicted molar refractivity (Wildman–Crippen MR) is 90.7 cm³/mol. The number of likely N-dealkylation sites (N-methyl/N-ethyl adjacent to an activating group) is 1. The molecular weight excluding hydrogens is 296 g/mol. The smallest absolute Gasteiger partial charge is 0.159 e. The average molecular weight is 325 g/mol. The van der Waals surface area contributed by atoms with E-state index in [1.54, 1.807) is 6.07 Å². The Hall–Kier alpha value is -1.04. The average Bonchev–Trinajstić information content (AvgIpc) is 2.49. The minimum Gasteiger partial charge on any atom is -0.315 e. The van der Waals surface area contributed by atoms with Crippen molar-refractivity contribution in [2.24, 2.45) is 0 Å². The highest BCUT2D eigenvalue weighted by Gasteiger charge is 2.30. The number of rotatable bonds is 7. The summed E-state index contributed by atoms with van der Waals surface area (Å²) in [6.07, 6.45) is 1.70. The molecule has 0 unspecified atom stereocenters. The Morgan fingerprint density at radius 1 is 1.13 bits per heavy atom. The summed E-state index contributed by atoms with van der Waals surface area (Å²) in [5, 5.41) is 3.44. The van der Waals surface area contributed by atoms with Crippen molar-refractivity contribution in [1.82, 2.24) is 15.1 Å². The molecule has 0 amide bonds. The fraction of sp³-hybridized carbons (Fsp3) is 0.667. The lowest BCUT2D eigenvalue weighted by molar-refractivity contribution is 0.0407. The molecule has 23 heavy (non-hydrogen) atoms. The molecule has 0 radical (unpaired) electrons. The Morgan fingerprint density at radius 2 is 1.91 bits per heavy atom. The first-order valence-electron chi connectivity index (χ1n) is 8.47. The van der Waals surface area contributed by atoms with Crippen LogP contribution in [0.5, 0.6) is 0 Å². The van der Waals surface area contributed by atoms with Crippen molar-refractivity contribution in [3.05, 3.63) is 35.4 Å². The second-order valence-electron chi connectivity index (χ2n) is 7.11. The van der Waals surface area contributed by atoms with Crippen molar-refractivity contribution in [2.75, 3.05) is 46.3 Å². The van der Waals surface area contributed by atoms with Crippen LogP contribution in [0.1, 0.15) is 25.8 Å². The van der Waals surface area contributed by atoms with Gasteiger partial charge in [0.1, 0.15) is 0 Å². The third-order valence-electron chi connectivity index (χ3n) is 4.80. The van der Waals surface area contributed by atoms with Crippen LogP contribution in [-0.4, -0.2) is 61.7 Å². The monoisotopic (exact) mass is 325 g/mol. The number of nitrogens with one attached hydrogen (secondary N) is 1. The maximum Gasteiger partial charge on any atom is 0.159 e. The van der Waals surface area contributed by atoms with Crippen LogP contribution in [0.3, 0.4) is 0 Å². The first-order chi connectivity index (χ1) is 10.9. The number of nitrogens with zero attached hydrogens (tertiary/aromatic N) is 2. The Morgan fingerprint density at radius 3 is 2.61 bits per heavy atom. The molecule has 2 rings (SSSR count). The van der Waals surface area contributed by atoms with E-state index in [9.17, 15) is 8.78 Å². The molecule has 0 atom stereocenters. The first kappa shape index (κ1) is 18.3. The number of hydrogen-bond donors (Lipinski definition) is 1. The number of hydrogen-bond acceptors (Lipinski definition) is 3. The summed E-state index contributed by atoms with van der Waals surface area (Å²) in [6, 6.07) is 4.15. The van der Waals surface area contributed by atoms with Crippen LogP contribution in [0.25, 0.3) is 0 Å². The van der Waals surface area contributed by atoms with Crippen molar-refractivity contribution < 1.29 is 8.78 Å². The van der Waals surface area contributed by atoms with Crippen molar-refractivity contribution in [2.45, 2.75) is 32.2 Å². The van der Waals surface area contributed by atoms with Gasteiger partial charge in [-0.25, -0.2) is 8.78 Å². The minimum absolute atomic E-state index is 0.241. The number of halogens is 2. The minimum atomic E-state index is -0.776. The zero-order valence-electron chi connectivity index (χ0n) is 14.5. The number of benzene rings is 1. The number of aryl methyl sites for hydroxylation is 1. The third-order valence-corrected chi connectivity index (χ3v) is 4.80. The van der Waals surface area contributed by atoms with Crippen LogP contribution in [0.2, 0.25) is 0 Å². The normalized spacial score (nSPS) is 19.2. The van der Waals surface area contributed by atoms with Crippen molar-refractivity contribution >= 4 is 0 Å². The van der Waals surface area contributed by atoms with Gasteiger partial charge in [-0.05, 0) is 58.0 Å². The number of piperazine rings is 1. The molecule has 1 heterocycles. The molecular formula is C18H29F2N3. The zero-order chi connectivity index (χ0) is 16.9. The maximum atomic E-state index is 13.1. The van der Waals surface area contributed by atoms with E-state index in [4.69, 9.17) is 0 Å². The molecule has 1 aliphatic heterocycles. The lowest BCUT2D eigenvalue weighted by Crippen LogP contribution is -2.58. The van der Waals surface area contributed by atoms with Crippen molar-refractivity contribution in [1.29, 1.82) is 0 Å². The molecule has 130 valence electrons. The molecule has 3 nitrogen and oxygen atoms in total. The van der Waals surface area contributed by atoms with Gasteiger partial charge in [-0.15, -0.1) is 0 Å². The van der Waals surface area contributed by atoms with Crippen LogP contribution in [0.15, 0.2) is 18.2 Å². The van der Waals surface area contributed by atoms with Gasteiger partial charge in [0.25, 0.3) is 0 Å². The van der Waals surface area contributed by atoms with E-state index >= 15 is 0 Å².